The van der Waals surface area contributed by atoms with Crippen molar-refractivity contribution in [3.63, 3.8) is 0 Å². The van der Waals surface area contributed by atoms with Gasteiger partial charge in [-0.15, -0.1) is 0 Å². The van der Waals surface area contributed by atoms with Gasteiger partial charge < -0.3 is 0 Å². The van der Waals surface area contributed by atoms with E-state index in [4.69, 9.17) is 0 Å². The maximum Gasteiger partial charge on any atom is 0.0552 e. The van der Waals surface area contributed by atoms with Gasteiger partial charge in [0.2, 0.25) is 0 Å². The van der Waals surface area contributed by atoms with Crippen molar-refractivity contribution < 1.29 is 0 Å². The summed E-state index contributed by atoms with van der Waals surface area (Å²) in [5.41, 5.74) is 2.90. The fourth-order valence-corrected chi connectivity index (χ4v) is 2.94. The van der Waals surface area contributed by atoms with Gasteiger partial charge in [0.05, 0.1) is 12.1 Å². The van der Waals surface area contributed by atoms with Crippen molar-refractivity contribution in [3.8, 4) is 0 Å². The lowest BCUT2D eigenvalue weighted by atomic mass is 10.0. The van der Waals surface area contributed by atoms with Crippen LogP contribution in [-0.2, 0) is 0 Å². The smallest absolute Gasteiger partial charge is 0.0552 e. The number of hydrogen-bond donors (Lipinski definition) is 0. The van der Waals surface area contributed by atoms with Crippen LogP contribution in [0.2, 0.25) is 0 Å². The highest BCUT2D eigenvalue weighted by molar-refractivity contribution is 5.34. The molecule has 1 saturated heterocycles. The van der Waals surface area contributed by atoms with E-state index >= 15 is 0 Å². The van der Waals surface area contributed by atoms with Crippen LogP contribution in [0.15, 0.2) is 60.7 Å². The highest BCUT2D eigenvalue weighted by Gasteiger charge is 2.48. The van der Waals surface area contributed by atoms with Crippen LogP contribution in [0.25, 0.3) is 0 Å². The summed E-state index contributed by atoms with van der Waals surface area (Å²) in [7, 11) is 0. The van der Waals surface area contributed by atoms with Crippen molar-refractivity contribution >= 4 is 0 Å². The molecule has 1 aliphatic heterocycles. The normalized spacial score (nSPS) is 25.2. The lowest BCUT2D eigenvalue weighted by Crippen LogP contribution is -2.01. The van der Waals surface area contributed by atoms with E-state index in [9.17, 15) is 0 Å². The van der Waals surface area contributed by atoms with Crippen LogP contribution < -0.4 is 0 Å². The highest BCUT2D eigenvalue weighted by atomic mass is 15.3. The van der Waals surface area contributed by atoms with Crippen molar-refractivity contribution in [3.05, 3.63) is 71.8 Å². The first-order valence-corrected chi connectivity index (χ1v) is 7.27. The lowest BCUT2D eigenvalue weighted by molar-refractivity contribution is 0.467. The molecule has 2 unspecified atom stereocenters. The Hall–Kier alpha value is -1.60. The summed E-state index contributed by atoms with van der Waals surface area (Å²) < 4.78 is 0. The molecule has 0 N–H and O–H groups in total. The Kier molecular flexibility index (Phi) is 3.65. The molecule has 3 rings (SSSR count). The van der Waals surface area contributed by atoms with Gasteiger partial charge in [-0.25, -0.2) is 0 Å². The molecule has 0 amide bonds. The molecule has 0 aromatic heterocycles. The Morgan fingerprint density at radius 3 is 1.68 bits per heavy atom. The molecule has 0 radical (unpaired) electrons. The summed E-state index contributed by atoms with van der Waals surface area (Å²) in [6, 6.07) is 23.0. The average molecular weight is 251 g/mol. The number of nitrogens with zero attached hydrogens (tertiary/aromatic N) is 1. The predicted molar refractivity (Wildman–Crippen MR) is 80.0 cm³/mol. The van der Waals surface area contributed by atoms with E-state index in [0.29, 0.717) is 12.1 Å². The topological polar surface area (TPSA) is 3.01 Å². The van der Waals surface area contributed by atoms with Gasteiger partial charge in [0.15, 0.2) is 0 Å². The van der Waals surface area contributed by atoms with Gasteiger partial charge in [-0.05, 0) is 24.1 Å². The third-order valence-electron chi connectivity index (χ3n) is 3.98. The molecule has 1 nitrogen and oxygen atoms in total. The van der Waals surface area contributed by atoms with E-state index in [-0.39, 0.29) is 0 Å². The van der Waals surface area contributed by atoms with Crippen LogP contribution in [-0.4, -0.2) is 11.4 Å². The average Bonchev–Trinajstić information content (AvgIpc) is 3.21. The number of benzene rings is 2. The zero-order chi connectivity index (χ0) is 13.1. The molecule has 1 heteroatoms. The minimum absolute atomic E-state index is 0.579. The quantitative estimate of drug-likeness (QED) is 0.703. The van der Waals surface area contributed by atoms with Crippen LogP contribution in [0.1, 0.15) is 43.0 Å². The number of unbranched alkanes of at least 4 members (excludes halogenated alkanes) is 1. The van der Waals surface area contributed by atoms with Crippen LogP contribution in [0.3, 0.4) is 0 Å². The first kappa shape index (κ1) is 12.4. The molecule has 0 bridgehead atoms. The van der Waals surface area contributed by atoms with Crippen molar-refractivity contribution in [1.29, 1.82) is 0 Å². The maximum absolute atomic E-state index is 2.62. The van der Waals surface area contributed by atoms with Crippen LogP contribution in [0, 0.1) is 0 Å². The van der Waals surface area contributed by atoms with Gasteiger partial charge in [-0.3, -0.25) is 4.90 Å². The third kappa shape index (κ3) is 2.57. The Morgan fingerprint density at radius 2 is 1.26 bits per heavy atom. The molecular formula is C18H21N. The summed E-state index contributed by atoms with van der Waals surface area (Å²) in [5, 5.41) is 0. The zero-order valence-electron chi connectivity index (χ0n) is 11.5. The molecule has 2 aromatic rings. The molecule has 19 heavy (non-hydrogen) atoms. The van der Waals surface area contributed by atoms with Gasteiger partial charge in [0, 0.05) is 0 Å². The molecule has 1 heterocycles. The van der Waals surface area contributed by atoms with Gasteiger partial charge in [0.25, 0.3) is 0 Å². The maximum atomic E-state index is 2.62. The summed E-state index contributed by atoms with van der Waals surface area (Å²) in [6.45, 7) is 3.47. The van der Waals surface area contributed by atoms with Gasteiger partial charge in [0.1, 0.15) is 0 Å². The van der Waals surface area contributed by atoms with Crippen molar-refractivity contribution in [2.24, 2.45) is 0 Å². The Balaban J connectivity index is 1.82. The fraction of sp³-hybridized carbons (Fsp3) is 0.333. The molecule has 1 fully saturated rings. The lowest BCUT2D eigenvalue weighted by Gasteiger charge is -2.02. The van der Waals surface area contributed by atoms with Crippen LogP contribution in [0.4, 0.5) is 0 Å². The Morgan fingerprint density at radius 1 is 0.789 bits per heavy atom. The van der Waals surface area contributed by atoms with E-state index in [1.807, 2.05) is 0 Å². The second kappa shape index (κ2) is 5.58. The van der Waals surface area contributed by atoms with Crippen molar-refractivity contribution in [2.45, 2.75) is 31.8 Å². The minimum Gasteiger partial charge on any atom is -0.285 e. The first-order chi connectivity index (χ1) is 9.42. The first-order valence-electron chi connectivity index (χ1n) is 7.27. The Labute approximate surface area is 115 Å². The third-order valence-corrected chi connectivity index (χ3v) is 3.98. The van der Waals surface area contributed by atoms with E-state index < -0.39 is 0 Å². The van der Waals surface area contributed by atoms with Crippen molar-refractivity contribution in [2.75, 3.05) is 6.54 Å². The van der Waals surface area contributed by atoms with E-state index in [1.54, 1.807) is 0 Å². The minimum atomic E-state index is 0.579. The standard InChI is InChI=1S/C18H21N/c1-2-3-14-19-17(15-10-6-4-7-11-15)18(19)16-12-8-5-9-13-16/h4-13,17-18H,2-3,14H2,1H3. The largest absolute Gasteiger partial charge is 0.285 e. The monoisotopic (exact) mass is 251 g/mol. The SMILES string of the molecule is CCCCN1C(c2ccccc2)C1c1ccccc1. The van der Waals surface area contributed by atoms with Gasteiger partial charge in [-0.1, -0.05) is 74.0 Å². The van der Waals surface area contributed by atoms with Crippen molar-refractivity contribution in [1.82, 2.24) is 4.90 Å². The Bertz CT molecular complexity index is 460. The molecule has 0 spiro atoms. The van der Waals surface area contributed by atoms with Gasteiger partial charge >= 0.3 is 0 Å². The van der Waals surface area contributed by atoms with Crippen LogP contribution in [0.5, 0.6) is 0 Å². The summed E-state index contributed by atoms with van der Waals surface area (Å²) in [4.78, 5) is 2.62. The predicted octanol–water partition coefficient (Wildman–Crippen LogP) is 4.58. The molecule has 98 valence electrons. The number of hydrogen-bond acceptors (Lipinski definition) is 1. The fourth-order valence-electron chi connectivity index (χ4n) is 2.94. The second-order valence-corrected chi connectivity index (χ2v) is 5.30. The van der Waals surface area contributed by atoms with Gasteiger partial charge in [-0.2, -0.15) is 0 Å². The molecule has 1 aliphatic rings. The molecule has 0 aliphatic carbocycles. The highest BCUT2D eigenvalue weighted by Crippen LogP contribution is 2.54. The second-order valence-electron chi connectivity index (χ2n) is 5.30. The summed E-state index contributed by atoms with van der Waals surface area (Å²) >= 11 is 0. The summed E-state index contributed by atoms with van der Waals surface area (Å²) in [5.74, 6) is 0. The summed E-state index contributed by atoms with van der Waals surface area (Å²) in [6.07, 6.45) is 2.55. The van der Waals surface area contributed by atoms with Crippen LogP contribution >= 0.6 is 0 Å². The molecule has 2 atom stereocenters. The number of rotatable bonds is 5. The molecular weight excluding hydrogens is 230 g/mol. The molecule has 0 saturated carbocycles. The van der Waals surface area contributed by atoms with E-state index in [2.05, 4.69) is 72.5 Å². The van der Waals surface area contributed by atoms with E-state index in [1.165, 1.54) is 30.5 Å². The molecule has 2 aromatic carbocycles. The van der Waals surface area contributed by atoms with E-state index in [0.717, 1.165) is 0 Å². The zero-order valence-corrected chi connectivity index (χ0v) is 11.5.